The fraction of sp³-hybridized carbons (Fsp3) is 0.400. The van der Waals surface area contributed by atoms with Crippen LogP contribution in [0, 0.1) is 0 Å². The number of aromatic amines is 1. The SMILES string of the molecule is COC(=O)CCCCCNc1ccc2[nH]ccc2c1. The Kier molecular flexibility index (Phi) is 4.84. The Morgan fingerprint density at radius 3 is 3.00 bits per heavy atom. The fourth-order valence-corrected chi connectivity index (χ4v) is 2.07. The van der Waals surface area contributed by atoms with Crippen LogP contribution in [0.3, 0.4) is 0 Å². The molecule has 2 N–H and O–H groups in total. The number of fused-ring (bicyclic) bond motifs is 1. The number of methoxy groups -OCH3 is 1. The highest BCUT2D eigenvalue weighted by molar-refractivity contribution is 5.82. The van der Waals surface area contributed by atoms with Gasteiger partial charge in [-0.15, -0.1) is 0 Å². The first-order chi connectivity index (χ1) is 9.29. The Bertz CT molecular complexity index is 534. The van der Waals surface area contributed by atoms with E-state index in [9.17, 15) is 4.79 Å². The molecular weight excluding hydrogens is 240 g/mol. The maximum atomic E-state index is 10.9. The molecule has 0 bridgehead atoms. The van der Waals surface area contributed by atoms with Gasteiger partial charge in [0.05, 0.1) is 7.11 Å². The molecule has 0 saturated heterocycles. The van der Waals surface area contributed by atoms with Crippen LogP contribution in [-0.2, 0) is 9.53 Å². The Balaban J connectivity index is 1.66. The van der Waals surface area contributed by atoms with Crippen LogP contribution in [-0.4, -0.2) is 24.6 Å². The standard InChI is InChI=1S/C15H20N2O2/c1-19-15(18)5-3-2-4-9-16-13-6-7-14-12(11-13)8-10-17-14/h6-8,10-11,16-17H,2-5,9H2,1H3. The molecule has 0 radical (unpaired) electrons. The molecule has 0 aliphatic carbocycles. The minimum absolute atomic E-state index is 0.120. The van der Waals surface area contributed by atoms with Crippen LogP contribution in [0.4, 0.5) is 5.69 Å². The Labute approximate surface area is 113 Å². The van der Waals surface area contributed by atoms with Gasteiger partial charge in [0.1, 0.15) is 0 Å². The second-order valence-electron chi connectivity index (χ2n) is 4.59. The Hall–Kier alpha value is -1.97. The van der Waals surface area contributed by atoms with Crippen molar-refractivity contribution in [1.82, 2.24) is 4.98 Å². The summed E-state index contributed by atoms with van der Waals surface area (Å²) in [4.78, 5) is 14.1. The Morgan fingerprint density at radius 2 is 2.16 bits per heavy atom. The number of benzene rings is 1. The molecule has 102 valence electrons. The molecular formula is C15H20N2O2. The topological polar surface area (TPSA) is 54.1 Å². The van der Waals surface area contributed by atoms with Crippen molar-refractivity contribution in [3.63, 3.8) is 0 Å². The molecule has 4 nitrogen and oxygen atoms in total. The first-order valence-electron chi connectivity index (χ1n) is 6.67. The third-order valence-corrected chi connectivity index (χ3v) is 3.17. The van der Waals surface area contributed by atoms with E-state index in [-0.39, 0.29) is 5.97 Å². The van der Waals surface area contributed by atoms with E-state index in [2.05, 4.69) is 39.3 Å². The number of hydrogen-bond acceptors (Lipinski definition) is 3. The zero-order valence-corrected chi connectivity index (χ0v) is 11.2. The van der Waals surface area contributed by atoms with Crippen LogP contribution in [0.15, 0.2) is 30.5 Å². The molecule has 0 aliphatic heterocycles. The largest absolute Gasteiger partial charge is 0.469 e. The molecule has 0 aliphatic rings. The van der Waals surface area contributed by atoms with Crippen molar-refractivity contribution in [2.75, 3.05) is 19.0 Å². The van der Waals surface area contributed by atoms with Gasteiger partial charge in [-0.3, -0.25) is 4.79 Å². The number of esters is 1. The lowest BCUT2D eigenvalue weighted by molar-refractivity contribution is -0.140. The van der Waals surface area contributed by atoms with E-state index >= 15 is 0 Å². The van der Waals surface area contributed by atoms with Crippen molar-refractivity contribution in [2.24, 2.45) is 0 Å². The van der Waals surface area contributed by atoms with Crippen molar-refractivity contribution in [3.05, 3.63) is 30.5 Å². The van der Waals surface area contributed by atoms with Gasteiger partial charge in [0, 0.05) is 35.8 Å². The van der Waals surface area contributed by atoms with Crippen LogP contribution in [0.2, 0.25) is 0 Å². The van der Waals surface area contributed by atoms with Crippen LogP contribution in [0.1, 0.15) is 25.7 Å². The molecule has 19 heavy (non-hydrogen) atoms. The monoisotopic (exact) mass is 260 g/mol. The van der Waals surface area contributed by atoms with E-state index in [4.69, 9.17) is 0 Å². The molecule has 0 unspecified atom stereocenters. The van der Waals surface area contributed by atoms with Crippen molar-refractivity contribution in [1.29, 1.82) is 0 Å². The lowest BCUT2D eigenvalue weighted by Crippen LogP contribution is -2.03. The van der Waals surface area contributed by atoms with E-state index in [0.717, 1.165) is 37.0 Å². The van der Waals surface area contributed by atoms with Gasteiger partial charge in [-0.1, -0.05) is 6.42 Å². The zero-order chi connectivity index (χ0) is 13.5. The number of aromatic nitrogens is 1. The average Bonchev–Trinajstić information content (AvgIpc) is 2.89. The predicted molar refractivity (Wildman–Crippen MR) is 77.3 cm³/mol. The first-order valence-corrected chi connectivity index (χ1v) is 6.67. The summed E-state index contributed by atoms with van der Waals surface area (Å²) in [6.07, 6.45) is 5.45. The van der Waals surface area contributed by atoms with Gasteiger partial charge >= 0.3 is 5.97 Å². The molecule has 2 aromatic rings. The van der Waals surface area contributed by atoms with Gasteiger partial charge in [-0.25, -0.2) is 0 Å². The number of rotatable bonds is 7. The van der Waals surface area contributed by atoms with E-state index < -0.39 is 0 Å². The third-order valence-electron chi connectivity index (χ3n) is 3.17. The number of anilines is 1. The van der Waals surface area contributed by atoms with E-state index in [1.807, 2.05) is 6.20 Å². The van der Waals surface area contributed by atoms with E-state index in [1.54, 1.807) is 0 Å². The molecule has 0 spiro atoms. The Morgan fingerprint density at radius 1 is 1.26 bits per heavy atom. The summed E-state index contributed by atoms with van der Waals surface area (Å²) in [5.74, 6) is -0.120. The summed E-state index contributed by atoms with van der Waals surface area (Å²) >= 11 is 0. The lowest BCUT2D eigenvalue weighted by atomic mass is 10.2. The van der Waals surface area contributed by atoms with Gasteiger partial charge in [0.2, 0.25) is 0 Å². The predicted octanol–water partition coefficient (Wildman–Crippen LogP) is 3.31. The normalized spacial score (nSPS) is 10.6. The van der Waals surface area contributed by atoms with Crippen LogP contribution < -0.4 is 5.32 Å². The average molecular weight is 260 g/mol. The number of carbonyl (C=O) groups excluding carboxylic acids is 1. The minimum Gasteiger partial charge on any atom is -0.469 e. The van der Waals surface area contributed by atoms with Crippen molar-refractivity contribution in [2.45, 2.75) is 25.7 Å². The first kappa shape index (κ1) is 13.5. The van der Waals surface area contributed by atoms with E-state index in [0.29, 0.717) is 6.42 Å². The van der Waals surface area contributed by atoms with Gasteiger partial charge in [0.15, 0.2) is 0 Å². The maximum Gasteiger partial charge on any atom is 0.305 e. The van der Waals surface area contributed by atoms with Crippen molar-refractivity contribution < 1.29 is 9.53 Å². The number of carbonyl (C=O) groups is 1. The number of nitrogens with one attached hydrogen (secondary N) is 2. The van der Waals surface area contributed by atoms with Crippen LogP contribution in [0.5, 0.6) is 0 Å². The highest BCUT2D eigenvalue weighted by Gasteiger charge is 1.99. The van der Waals surface area contributed by atoms with Gasteiger partial charge in [0.25, 0.3) is 0 Å². The smallest absolute Gasteiger partial charge is 0.305 e. The lowest BCUT2D eigenvalue weighted by Gasteiger charge is -2.06. The highest BCUT2D eigenvalue weighted by atomic mass is 16.5. The minimum atomic E-state index is -0.120. The molecule has 4 heteroatoms. The van der Waals surface area contributed by atoms with Crippen LogP contribution in [0.25, 0.3) is 10.9 Å². The number of H-pyrrole nitrogens is 1. The quantitative estimate of drug-likeness (QED) is 0.593. The molecule has 0 atom stereocenters. The summed E-state index contributed by atoms with van der Waals surface area (Å²) in [6, 6.07) is 8.36. The highest BCUT2D eigenvalue weighted by Crippen LogP contribution is 2.17. The number of ether oxygens (including phenoxy) is 1. The summed E-state index contributed by atoms with van der Waals surface area (Å²) in [5.41, 5.74) is 2.30. The molecule has 1 heterocycles. The molecule has 2 rings (SSSR count). The molecule has 1 aromatic heterocycles. The van der Waals surface area contributed by atoms with Gasteiger partial charge in [-0.05, 0) is 37.1 Å². The van der Waals surface area contributed by atoms with Gasteiger partial charge in [-0.2, -0.15) is 0 Å². The van der Waals surface area contributed by atoms with Crippen molar-refractivity contribution >= 4 is 22.6 Å². The second kappa shape index (κ2) is 6.83. The summed E-state index contributed by atoms with van der Waals surface area (Å²) < 4.78 is 4.60. The zero-order valence-electron chi connectivity index (χ0n) is 11.2. The molecule has 0 saturated carbocycles. The fourth-order valence-electron chi connectivity index (χ4n) is 2.07. The van der Waals surface area contributed by atoms with Gasteiger partial charge < -0.3 is 15.0 Å². The summed E-state index contributed by atoms with van der Waals surface area (Å²) in [5, 5.41) is 4.62. The van der Waals surface area contributed by atoms with Crippen molar-refractivity contribution in [3.8, 4) is 0 Å². The van der Waals surface area contributed by atoms with E-state index in [1.165, 1.54) is 12.5 Å². The number of hydrogen-bond donors (Lipinski definition) is 2. The molecule has 1 aromatic carbocycles. The van der Waals surface area contributed by atoms with Crippen LogP contribution >= 0.6 is 0 Å². The molecule has 0 amide bonds. The third kappa shape index (κ3) is 4.02. The second-order valence-corrected chi connectivity index (χ2v) is 4.59. The number of unbranched alkanes of at least 4 members (excludes halogenated alkanes) is 2. The summed E-state index contributed by atoms with van der Waals surface area (Å²) in [7, 11) is 1.43. The molecule has 0 fully saturated rings. The maximum absolute atomic E-state index is 10.9. The summed E-state index contributed by atoms with van der Waals surface area (Å²) in [6.45, 7) is 0.928.